The Morgan fingerprint density at radius 3 is 3.00 bits per heavy atom. The first-order valence-corrected chi connectivity index (χ1v) is 7.23. The Labute approximate surface area is 111 Å². The zero-order chi connectivity index (χ0) is 13.0. The fourth-order valence-corrected chi connectivity index (χ4v) is 3.20. The van der Waals surface area contributed by atoms with E-state index in [9.17, 15) is 4.79 Å². The van der Waals surface area contributed by atoms with Gasteiger partial charge >= 0.3 is 0 Å². The van der Waals surface area contributed by atoms with Crippen molar-refractivity contribution in [1.29, 1.82) is 0 Å². The molecule has 2 atom stereocenters. The lowest BCUT2D eigenvalue weighted by atomic mass is 9.88. The van der Waals surface area contributed by atoms with Crippen molar-refractivity contribution in [3.63, 3.8) is 0 Å². The lowest BCUT2D eigenvalue weighted by molar-refractivity contribution is -0.0143. The van der Waals surface area contributed by atoms with E-state index in [1.165, 1.54) is 30.6 Å². The summed E-state index contributed by atoms with van der Waals surface area (Å²) in [6.07, 6.45) is 5.37. The molecule has 2 unspecified atom stereocenters. The van der Waals surface area contributed by atoms with E-state index in [1.54, 1.807) is 6.07 Å². The third-order valence-electron chi connectivity index (χ3n) is 3.49. The molecule has 2 rings (SSSR count). The van der Waals surface area contributed by atoms with Gasteiger partial charge in [-0.15, -0.1) is 11.3 Å². The fourth-order valence-electron chi connectivity index (χ4n) is 2.37. The second-order valence-electron chi connectivity index (χ2n) is 4.85. The molecule has 5 heteroatoms. The maximum absolute atomic E-state index is 11.3. The molecule has 0 radical (unpaired) electrons. The molecular formula is C13H20N2O2S. The number of amides is 1. The molecule has 0 saturated heterocycles. The molecule has 1 heterocycles. The molecular weight excluding hydrogens is 248 g/mol. The minimum absolute atomic E-state index is 0.239. The van der Waals surface area contributed by atoms with Gasteiger partial charge in [0.2, 0.25) is 0 Å². The molecule has 1 aromatic heterocycles. The topological polar surface area (TPSA) is 64.3 Å². The van der Waals surface area contributed by atoms with E-state index in [0.717, 1.165) is 11.3 Å². The molecule has 1 aliphatic rings. The van der Waals surface area contributed by atoms with Gasteiger partial charge in [0.25, 0.3) is 5.91 Å². The third-order valence-corrected chi connectivity index (χ3v) is 4.55. The Balaban J connectivity index is 1.86. The monoisotopic (exact) mass is 268 g/mol. The molecule has 18 heavy (non-hydrogen) atoms. The van der Waals surface area contributed by atoms with E-state index in [0.29, 0.717) is 23.5 Å². The van der Waals surface area contributed by atoms with Crippen molar-refractivity contribution in [2.24, 2.45) is 11.8 Å². The number of carbonyl (C=O) groups is 1. The van der Waals surface area contributed by atoms with Crippen LogP contribution >= 0.6 is 11.3 Å². The van der Waals surface area contributed by atoms with Crippen molar-refractivity contribution in [2.75, 3.05) is 0 Å². The minimum Gasteiger partial charge on any atom is -0.372 e. The van der Waals surface area contributed by atoms with Crippen LogP contribution in [0.25, 0.3) is 0 Å². The van der Waals surface area contributed by atoms with Crippen LogP contribution in [0.4, 0.5) is 0 Å². The van der Waals surface area contributed by atoms with Crippen LogP contribution in [0.3, 0.4) is 0 Å². The number of hydrazine groups is 1. The summed E-state index contributed by atoms with van der Waals surface area (Å²) in [5.41, 5.74) is 2.14. The van der Waals surface area contributed by atoms with E-state index >= 15 is 0 Å². The van der Waals surface area contributed by atoms with Gasteiger partial charge in [-0.05, 0) is 30.9 Å². The number of nitrogen functional groups attached to an aromatic ring is 1. The molecule has 4 nitrogen and oxygen atoms in total. The molecule has 1 fully saturated rings. The molecule has 1 saturated carbocycles. The van der Waals surface area contributed by atoms with Gasteiger partial charge in [0.15, 0.2) is 0 Å². The highest BCUT2D eigenvalue weighted by atomic mass is 32.1. The van der Waals surface area contributed by atoms with Gasteiger partial charge < -0.3 is 4.74 Å². The molecule has 0 aliphatic heterocycles. The summed E-state index contributed by atoms with van der Waals surface area (Å²) in [6, 6.07) is 3.72. The van der Waals surface area contributed by atoms with E-state index in [2.05, 4.69) is 12.3 Å². The number of rotatable bonds is 4. The number of ether oxygens (including phenoxy) is 1. The lowest BCUT2D eigenvalue weighted by Crippen LogP contribution is -2.29. The summed E-state index contributed by atoms with van der Waals surface area (Å²) in [6.45, 7) is 2.85. The summed E-state index contributed by atoms with van der Waals surface area (Å²) in [7, 11) is 0. The van der Waals surface area contributed by atoms with Crippen LogP contribution in [0.2, 0.25) is 0 Å². The van der Waals surface area contributed by atoms with Crippen molar-refractivity contribution < 1.29 is 9.53 Å². The Kier molecular flexibility index (Phi) is 4.74. The predicted molar refractivity (Wildman–Crippen MR) is 72.2 cm³/mol. The van der Waals surface area contributed by atoms with Gasteiger partial charge in [0, 0.05) is 4.88 Å². The van der Waals surface area contributed by atoms with E-state index in [1.807, 2.05) is 6.07 Å². The van der Waals surface area contributed by atoms with Crippen molar-refractivity contribution >= 4 is 17.2 Å². The van der Waals surface area contributed by atoms with Gasteiger partial charge in [-0.3, -0.25) is 10.2 Å². The van der Waals surface area contributed by atoms with Crippen molar-refractivity contribution in [1.82, 2.24) is 5.43 Å². The van der Waals surface area contributed by atoms with Crippen molar-refractivity contribution in [3.8, 4) is 0 Å². The molecule has 0 bridgehead atoms. The van der Waals surface area contributed by atoms with Gasteiger partial charge in [0.1, 0.15) is 0 Å². The first-order valence-electron chi connectivity index (χ1n) is 6.42. The zero-order valence-electron chi connectivity index (χ0n) is 10.6. The minimum atomic E-state index is -0.239. The largest absolute Gasteiger partial charge is 0.372 e. The number of nitrogens with two attached hydrogens (primary N) is 1. The number of hydrogen-bond acceptors (Lipinski definition) is 4. The Hall–Kier alpha value is -0.910. The first kappa shape index (κ1) is 13.5. The van der Waals surface area contributed by atoms with E-state index < -0.39 is 0 Å². The predicted octanol–water partition coefficient (Wildman–Crippen LogP) is 2.45. The molecule has 0 aromatic carbocycles. The van der Waals surface area contributed by atoms with Crippen LogP contribution in [-0.2, 0) is 11.3 Å². The molecule has 1 aliphatic carbocycles. The van der Waals surface area contributed by atoms with E-state index in [-0.39, 0.29) is 5.91 Å². The SMILES string of the molecule is CC1CCCCC1OCc1ccc(C(=O)NN)s1. The van der Waals surface area contributed by atoms with Crippen LogP contribution in [0.15, 0.2) is 12.1 Å². The lowest BCUT2D eigenvalue weighted by Gasteiger charge is -2.28. The first-order chi connectivity index (χ1) is 8.70. The van der Waals surface area contributed by atoms with Crippen molar-refractivity contribution in [2.45, 2.75) is 45.3 Å². The third kappa shape index (κ3) is 3.31. The van der Waals surface area contributed by atoms with Crippen molar-refractivity contribution in [3.05, 3.63) is 21.9 Å². The maximum atomic E-state index is 11.3. The number of nitrogens with one attached hydrogen (secondary N) is 1. The number of carbonyl (C=O) groups excluding carboxylic acids is 1. The number of thiophene rings is 1. The van der Waals surface area contributed by atoms with Crippen LogP contribution < -0.4 is 11.3 Å². The Bertz CT molecular complexity index is 405. The van der Waals surface area contributed by atoms with Gasteiger partial charge in [-0.1, -0.05) is 19.8 Å². The standard InChI is InChI=1S/C13H20N2O2S/c1-9-4-2-3-5-11(9)17-8-10-6-7-12(18-10)13(16)15-14/h6-7,9,11H,2-5,8,14H2,1H3,(H,15,16). The highest BCUT2D eigenvalue weighted by Gasteiger charge is 2.22. The Morgan fingerprint density at radius 2 is 2.28 bits per heavy atom. The second kappa shape index (κ2) is 6.31. The Morgan fingerprint density at radius 1 is 1.50 bits per heavy atom. The molecule has 1 aromatic rings. The highest BCUT2D eigenvalue weighted by molar-refractivity contribution is 7.14. The summed E-state index contributed by atoms with van der Waals surface area (Å²) in [4.78, 5) is 13.0. The quantitative estimate of drug-likeness (QED) is 0.501. The normalized spacial score (nSPS) is 23.9. The zero-order valence-corrected chi connectivity index (χ0v) is 11.5. The van der Waals surface area contributed by atoms with Gasteiger partial charge in [-0.25, -0.2) is 5.84 Å². The fraction of sp³-hybridized carbons (Fsp3) is 0.615. The van der Waals surface area contributed by atoms with Crippen LogP contribution in [-0.4, -0.2) is 12.0 Å². The molecule has 3 N–H and O–H groups in total. The molecule has 1 amide bonds. The molecule has 0 spiro atoms. The summed E-state index contributed by atoms with van der Waals surface area (Å²) >= 11 is 1.44. The average molecular weight is 268 g/mol. The van der Waals surface area contributed by atoms with Crippen LogP contribution in [0, 0.1) is 5.92 Å². The summed E-state index contributed by atoms with van der Waals surface area (Å²) < 4.78 is 5.96. The number of hydrogen-bond donors (Lipinski definition) is 2. The average Bonchev–Trinajstić information content (AvgIpc) is 2.86. The maximum Gasteiger partial charge on any atom is 0.275 e. The molecule has 100 valence electrons. The van der Waals surface area contributed by atoms with Crippen LogP contribution in [0.5, 0.6) is 0 Å². The second-order valence-corrected chi connectivity index (χ2v) is 6.02. The van der Waals surface area contributed by atoms with Gasteiger partial charge in [0.05, 0.1) is 17.6 Å². The van der Waals surface area contributed by atoms with Gasteiger partial charge in [-0.2, -0.15) is 0 Å². The van der Waals surface area contributed by atoms with Crippen LogP contribution in [0.1, 0.15) is 47.2 Å². The smallest absolute Gasteiger partial charge is 0.275 e. The summed E-state index contributed by atoms with van der Waals surface area (Å²) in [5.74, 6) is 5.50. The highest BCUT2D eigenvalue weighted by Crippen LogP contribution is 2.28. The summed E-state index contributed by atoms with van der Waals surface area (Å²) in [5, 5.41) is 0. The van der Waals surface area contributed by atoms with E-state index in [4.69, 9.17) is 10.6 Å².